The summed E-state index contributed by atoms with van der Waals surface area (Å²) in [6.45, 7) is 7.49. The number of carbonyl (C=O) groups excluding carboxylic acids is 1. The van der Waals surface area contributed by atoms with Crippen LogP contribution in [0, 0.1) is 18.8 Å². The zero-order valence-corrected chi connectivity index (χ0v) is 15.0. The van der Waals surface area contributed by atoms with Crippen molar-refractivity contribution in [1.82, 2.24) is 9.96 Å². The number of hydrogen-bond donors (Lipinski definition) is 0. The van der Waals surface area contributed by atoms with E-state index >= 15 is 0 Å². The molecular weight excluding hydrogens is 316 g/mol. The molecule has 1 amide bonds. The van der Waals surface area contributed by atoms with Crippen molar-refractivity contribution in [3.63, 3.8) is 0 Å². The van der Waals surface area contributed by atoms with Gasteiger partial charge in [-0.05, 0) is 37.8 Å². The van der Waals surface area contributed by atoms with Gasteiger partial charge in [0.1, 0.15) is 0 Å². The van der Waals surface area contributed by atoms with Crippen LogP contribution in [0.4, 0.5) is 0 Å². The van der Waals surface area contributed by atoms with Gasteiger partial charge in [0.25, 0.3) is 0 Å². The molecule has 3 aliphatic rings. The third kappa shape index (κ3) is 3.89. The molecule has 0 saturated carbocycles. The van der Waals surface area contributed by atoms with E-state index in [-0.39, 0.29) is 12.0 Å². The summed E-state index contributed by atoms with van der Waals surface area (Å²) >= 11 is 0. The van der Waals surface area contributed by atoms with Crippen LogP contribution in [-0.2, 0) is 20.9 Å². The predicted octanol–water partition coefficient (Wildman–Crippen LogP) is 2.39. The predicted molar refractivity (Wildman–Crippen MR) is 94.7 cm³/mol. The number of piperidine rings is 1. The lowest BCUT2D eigenvalue weighted by atomic mass is 9.83. The molecule has 0 radical (unpaired) electrons. The van der Waals surface area contributed by atoms with E-state index in [1.165, 1.54) is 16.2 Å². The summed E-state index contributed by atoms with van der Waals surface area (Å²) in [5.74, 6) is 1.15. The quantitative estimate of drug-likeness (QED) is 0.841. The summed E-state index contributed by atoms with van der Waals surface area (Å²) in [5, 5.41) is 1.53. The van der Waals surface area contributed by atoms with Gasteiger partial charge in [-0.15, -0.1) is 0 Å². The molecule has 1 aromatic carbocycles. The fraction of sp³-hybridized carbons (Fsp3) is 0.650. The lowest BCUT2D eigenvalue weighted by Crippen LogP contribution is -2.42. The Labute approximate surface area is 149 Å². The molecule has 136 valence electrons. The van der Waals surface area contributed by atoms with Crippen LogP contribution in [0.1, 0.15) is 30.4 Å². The molecule has 3 aliphatic heterocycles. The highest BCUT2D eigenvalue weighted by Crippen LogP contribution is 2.36. The molecule has 0 aromatic heterocycles. The van der Waals surface area contributed by atoms with Crippen LogP contribution < -0.4 is 0 Å². The van der Waals surface area contributed by atoms with Crippen LogP contribution in [0.15, 0.2) is 24.3 Å². The molecule has 3 heterocycles. The largest absolute Gasteiger partial charge is 0.377 e. The first-order chi connectivity index (χ1) is 12.2. The highest BCUT2D eigenvalue weighted by atomic mass is 16.7. The maximum atomic E-state index is 12.3. The van der Waals surface area contributed by atoms with Crippen molar-refractivity contribution in [3.8, 4) is 0 Å². The number of rotatable bonds is 4. The lowest BCUT2D eigenvalue weighted by Gasteiger charge is -2.35. The topological polar surface area (TPSA) is 42.0 Å². The SMILES string of the molecule is Cc1cccc(CN2CC[C@@H]3[C@@H](CO[C@H]3CC(=O)N3CCCO3)C2)c1. The fourth-order valence-electron chi connectivity index (χ4n) is 4.50. The number of likely N-dealkylation sites (tertiary alicyclic amines) is 1. The van der Waals surface area contributed by atoms with E-state index in [2.05, 4.69) is 36.1 Å². The van der Waals surface area contributed by atoms with E-state index in [9.17, 15) is 4.79 Å². The molecular formula is C20H28N2O3. The number of nitrogens with zero attached hydrogens (tertiary/aromatic N) is 2. The Hall–Kier alpha value is -1.43. The van der Waals surface area contributed by atoms with E-state index in [1.54, 1.807) is 0 Å². The highest BCUT2D eigenvalue weighted by molar-refractivity contribution is 5.75. The molecule has 5 heteroatoms. The molecule has 1 aromatic rings. The zero-order valence-electron chi connectivity index (χ0n) is 15.0. The summed E-state index contributed by atoms with van der Waals surface area (Å²) in [6, 6.07) is 8.76. The first-order valence-corrected chi connectivity index (χ1v) is 9.52. The van der Waals surface area contributed by atoms with Gasteiger partial charge in [0, 0.05) is 19.0 Å². The standard InChI is InChI=1S/C20H28N2O3/c1-15-4-2-5-16(10-15)12-21-8-6-18-17(13-21)14-24-19(18)11-20(23)22-7-3-9-25-22/h2,4-5,10,17-19H,3,6-9,11-14H2,1H3/t17-,18-,19+/m1/s1. The van der Waals surface area contributed by atoms with Crippen molar-refractivity contribution in [2.24, 2.45) is 11.8 Å². The van der Waals surface area contributed by atoms with Crippen LogP contribution in [0.25, 0.3) is 0 Å². The van der Waals surface area contributed by atoms with E-state index in [0.29, 0.717) is 24.9 Å². The Morgan fingerprint density at radius 2 is 2.24 bits per heavy atom. The van der Waals surface area contributed by atoms with Crippen LogP contribution in [-0.4, -0.2) is 54.8 Å². The smallest absolute Gasteiger partial charge is 0.248 e. The molecule has 25 heavy (non-hydrogen) atoms. The van der Waals surface area contributed by atoms with Gasteiger partial charge in [-0.25, -0.2) is 5.06 Å². The minimum atomic E-state index is 0.0721. The van der Waals surface area contributed by atoms with Gasteiger partial charge in [0.15, 0.2) is 0 Å². The van der Waals surface area contributed by atoms with Gasteiger partial charge in [0.05, 0.1) is 32.3 Å². The number of carbonyl (C=O) groups is 1. The molecule has 5 nitrogen and oxygen atoms in total. The van der Waals surface area contributed by atoms with Crippen molar-refractivity contribution in [2.45, 2.75) is 38.8 Å². The van der Waals surface area contributed by atoms with Crippen molar-refractivity contribution in [2.75, 3.05) is 32.8 Å². The Balaban J connectivity index is 1.31. The number of benzene rings is 1. The van der Waals surface area contributed by atoms with Crippen molar-refractivity contribution in [3.05, 3.63) is 35.4 Å². The summed E-state index contributed by atoms with van der Waals surface area (Å²) in [7, 11) is 0. The summed E-state index contributed by atoms with van der Waals surface area (Å²) in [5.41, 5.74) is 2.70. The molecule has 0 bridgehead atoms. The number of hydroxylamine groups is 2. The molecule has 0 aliphatic carbocycles. The molecule has 0 N–H and O–H groups in total. The van der Waals surface area contributed by atoms with Gasteiger partial charge in [-0.3, -0.25) is 14.5 Å². The Bertz CT molecular complexity index is 615. The minimum Gasteiger partial charge on any atom is -0.377 e. The Morgan fingerprint density at radius 3 is 3.04 bits per heavy atom. The molecule has 0 unspecified atom stereocenters. The maximum absolute atomic E-state index is 12.3. The second kappa shape index (κ2) is 7.44. The molecule has 3 saturated heterocycles. The minimum absolute atomic E-state index is 0.0721. The lowest BCUT2D eigenvalue weighted by molar-refractivity contribution is -0.171. The average molecular weight is 344 g/mol. The van der Waals surface area contributed by atoms with Crippen molar-refractivity contribution >= 4 is 5.91 Å². The van der Waals surface area contributed by atoms with Gasteiger partial charge >= 0.3 is 0 Å². The number of ether oxygens (including phenoxy) is 1. The van der Waals surface area contributed by atoms with Crippen LogP contribution in [0.3, 0.4) is 0 Å². The van der Waals surface area contributed by atoms with Gasteiger partial charge in [0.2, 0.25) is 5.91 Å². The first kappa shape index (κ1) is 17.0. The molecule has 3 atom stereocenters. The molecule has 4 rings (SSSR count). The normalized spacial score (nSPS) is 29.8. The molecule has 0 spiro atoms. The van der Waals surface area contributed by atoms with Gasteiger partial charge < -0.3 is 4.74 Å². The number of amides is 1. The first-order valence-electron chi connectivity index (χ1n) is 9.52. The summed E-state index contributed by atoms with van der Waals surface area (Å²) < 4.78 is 6.02. The number of fused-ring (bicyclic) bond motifs is 1. The van der Waals surface area contributed by atoms with Crippen LogP contribution >= 0.6 is 0 Å². The second-order valence-electron chi connectivity index (χ2n) is 7.70. The average Bonchev–Trinajstić information content (AvgIpc) is 3.25. The number of hydrogen-bond acceptors (Lipinski definition) is 4. The molecule has 3 fully saturated rings. The van der Waals surface area contributed by atoms with Gasteiger partial charge in [-0.1, -0.05) is 29.8 Å². The van der Waals surface area contributed by atoms with E-state index in [4.69, 9.17) is 9.57 Å². The summed E-state index contributed by atoms with van der Waals surface area (Å²) in [4.78, 5) is 20.2. The van der Waals surface area contributed by atoms with Crippen molar-refractivity contribution < 1.29 is 14.4 Å². The highest BCUT2D eigenvalue weighted by Gasteiger charge is 2.42. The van der Waals surface area contributed by atoms with E-state index in [0.717, 1.165) is 45.6 Å². The monoisotopic (exact) mass is 344 g/mol. The fourth-order valence-corrected chi connectivity index (χ4v) is 4.50. The number of aryl methyl sites for hydroxylation is 1. The van der Waals surface area contributed by atoms with Crippen molar-refractivity contribution in [1.29, 1.82) is 0 Å². The van der Waals surface area contributed by atoms with Gasteiger partial charge in [-0.2, -0.15) is 0 Å². The second-order valence-corrected chi connectivity index (χ2v) is 7.70. The third-order valence-corrected chi connectivity index (χ3v) is 5.77. The van der Waals surface area contributed by atoms with E-state index in [1.807, 2.05) is 0 Å². The summed E-state index contributed by atoms with van der Waals surface area (Å²) in [6.07, 6.45) is 2.61. The van der Waals surface area contributed by atoms with Crippen LogP contribution in [0.2, 0.25) is 0 Å². The third-order valence-electron chi connectivity index (χ3n) is 5.77. The van der Waals surface area contributed by atoms with E-state index < -0.39 is 0 Å². The zero-order chi connectivity index (χ0) is 17.2. The van der Waals surface area contributed by atoms with Crippen LogP contribution in [0.5, 0.6) is 0 Å². The Morgan fingerprint density at radius 1 is 1.32 bits per heavy atom. The maximum Gasteiger partial charge on any atom is 0.248 e. The Kier molecular flexibility index (Phi) is 5.06.